The lowest BCUT2D eigenvalue weighted by molar-refractivity contribution is -0.150. The molecule has 0 aromatic heterocycles. The lowest BCUT2D eigenvalue weighted by Crippen LogP contribution is -2.40. The number of nitrogens with zero attached hydrogens (tertiary/aromatic N) is 2. The minimum absolute atomic E-state index is 0.0265. The topological polar surface area (TPSA) is 51.1 Å². The second-order valence-electron chi connectivity index (χ2n) is 6.90. The molecule has 1 heterocycles. The molecule has 1 atom stereocenters. The molecule has 5 nitrogen and oxygen atoms in total. The van der Waals surface area contributed by atoms with E-state index in [4.69, 9.17) is 9.57 Å². The summed E-state index contributed by atoms with van der Waals surface area (Å²) in [5, 5.41) is 4.43. The molecule has 0 aliphatic carbocycles. The molecule has 28 heavy (non-hydrogen) atoms. The Labute approximate surface area is 166 Å². The molecule has 0 radical (unpaired) electrons. The molecule has 0 unspecified atom stereocenters. The summed E-state index contributed by atoms with van der Waals surface area (Å²) in [6.07, 6.45) is 1.91. The van der Waals surface area contributed by atoms with Gasteiger partial charge in [-0.15, -0.1) is 0 Å². The van der Waals surface area contributed by atoms with Crippen LogP contribution in [0, 0.1) is 5.92 Å². The van der Waals surface area contributed by atoms with Crippen LogP contribution in [0.3, 0.4) is 0 Å². The van der Waals surface area contributed by atoms with Crippen LogP contribution in [0.5, 0.6) is 0 Å². The third-order valence-electron chi connectivity index (χ3n) is 4.87. The predicted molar refractivity (Wildman–Crippen MR) is 110 cm³/mol. The number of oxime groups is 1. The molecule has 1 saturated heterocycles. The van der Waals surface area contributed by atoms with E-state index >= 15 is 0 Å². The first kappa shape index (κ1) is 20.1. The van der Waals surface area contributed by atoms with Gasteiger partial charge in [-0.2, -0.15) is 0 Å². The maximum absolute atomic E-state index is 12.0. The first-order valence-corrected chi connectivity index (χ1v) is 9.97. The number of hydrogen-bond acceptors (Lipinski definition) is 5. The van der Waals surface area contributed by atoms with Gasteiger partial charge < -0.3 is 9.57 Å². The Morgan fingerprint density at radius 2 is 1.71 bits per heavy atom. The molecule has 2 aromatic rings. The Kier molecular flexibility index (Phi) is 7.62. The second kappa shape index (κ2) is 10.6. The van der Waals surface area contributed by atoms with Crippen LogP contribution in [0.2, 0.25) is 0 Å². The maximum Gasteiger partial charge on any atom is 0.310 e. The van der Waals surface area contributed by atoms with Crippen LogP contribution in [0.25, 0.3) is 0 Å². The Bertz CT molecular complexity index is 720. The van der Waals surface area contributed by atoms with E-state index in [1.54, 1.807) is 0 Å². The number of ether oxygens (including phenoxy) is 1. The summed E-state index contributed by atoms with van der Waals surface area (Å²) in [5.74, 6) is -0.108. The molecule has 0 amide bonds. The molecule has 5 heteroatoms. The molecule has 1 fully saturated rings. The molecule has 0 spiro atoms. The van der Waals surface area contributed by atoms with Gasteiger partial charge in [-0.05, 0) is 26.3 Å². The third kappa shape index (κ3) is 5.67. The van der Waals surface area contributed by atoms with Crippen molar-refractivity contribution in [1.29, 1.82) is 0 Å². The quantitative estimate of drug-likeness (QED) is 0.303. The number of benzene rings is 2. The van der Waals surface area contributed by atoms with Crippen LogP contribution in [0.15, 0.2) is 65.8 Å². The fourth-order valence-electron chi connectivity index (χ4n) is 3.46. The lowest BCUT2D eigenvalue weighted by Gasteiger charge is -2.30. The molecule has 0 bridgehead atoms. The standard InChI is InChI=1S/C23H28N2O3/c1-2-27-23(26)21-14-9-15-25(18-21)16-17-28-24-22(19-10-5-3-6-11-19)20-12-7-4-8-13-20/h3-8,10-13,21H,2,9,14-18H2,1H3/t21-/m0/s1. The first-order valence-electron chi connectivity index (χ1n) is 9.97. The minimum Gasteiger partial charge on any atom is -0.466 e. The van der Waals surface area contributed by atoms with Crippen LogP contribution in [-0.4, -0.2) is 49.4 Å². The van der Waals surface area contributed by atoms with Crippen molar-refractivity contribution in [3.63, 3.8) is 0 Å². The zero-order valence-corrected chi connectivity index (χ0v) is 16.4. The number of hydrogen-bond donors (Lipinski definition) is 0. The zero-order valence-electron chi connectivity index (χ0n) is 16.4. The number of likely N-dealkylation sites (tertiary alicyclic amines) is 1. The SMILES string of the molecule is CCOC(=O)[C@H]1CCCN(CCON=C(c2ccccc2)c2ccccc2)C1. The van der Waals surface area contributed by atoms with Crippen molar-refractivity contribution in [2.45, 2.75) is 19.8 Å². The van der Waals surface area contributed by atoms with E-state index in [-0.39, 0.29) is 11.9 Å². The van der Waals surface area contributed by atoms with Crippen LogP contribution < -0.4 is 0 Å². The first-order chi connectivity index (χ1) is 13.8. The fraction of sp³-hybridized carbons (Fsp3) is 0.391. The Morgan fingerprint density at radius 1 is 1.07 bits per heavy atom. The van der Waals surface area contributed by atoms with Gasteiger partial charge >= 0.3 is 5.97 Å². The van der Waals surface area contributed by atoms with Crippen LogP contribution in [0.1, 0.15) is 30.9 Å². The highest BCUT2D eigenvalue weighted by atomic mass is 16.6. The number of carbonyl (C=O) groups excluding carboxylic acids is 1. The summed E-state index contributed by atoms with van der Waals surface area (Å²) in [6.45, 7) is 5.23. The highest BCUT2D eigenvalue weighted by molar-refractivity contribution is 6.12. The van der Waals surface area contributed by atoms with Gasteiger partial charge in [-0.3, -0.25) is 9.69 Å². The largest absolute Gasteiger partial charge is 0.466 e. The summed E-state index contributed by atoms with van der Waals surface area (Å²) in [5.41, 5.74) is 2.87. The summed E-state index contributed by atoms with van der Waals surface area (Å²) >= 11 is 0. The number of piperidine rings is 1. The van der Waals surface area contributed by atoms with E-state index in [1.807, 2.05) is 67.6 Å². The van der Waals surface area contributed by atoms with Crippen molar-refractivity contribution in [3.8, 4) is 0 Å². The van der Waals surface area contributed by atoms with Gasteiger partial charge in [0.25, 0.3) is 0 Å². The van der Waals surface area contributed by atoms with Crippen molar-refractivity contribution in [2.75, 3.05) is 32.8 Å². The monoisotopic (exact) mass is 380 g/mol. The predicted octanol–water partition coefficient (Wildman–Crippen LogP) is 3.73. The normalized spacial score (nSPS) is 17.0. The van der Waals surface area contributed by atoms with E-state index in [1.165, 1.54) is 0 Å². The van der Waals surface area contributed by atoms with E-state index in [0.29, 0.717) is 13.2 Å². The third-order valence-corrected chi connectivity index (χ3v) is 4.87. The van der Waals surface area contributed by atoms with Gasteiger partial charge in [0.05, 0.1) is 12.5 Å². The van der Waals surface area contributed by atoms with Gasteiger partial charge in [0, 0.05) is 24.2 Å². The van der Waals surface area contributed by atoms with E-state index in [9.17, 15) is 4.79 Å². The van der Waals surface area contributed by atoms with Crippen LogP contribution >= 0.6 is 0 Å². The zero-order chi connectivity index (χ0) is 19.6. The molecule has 1 aliphatic rings. The molecule has 148 valence electrons. The maximum atomic E-state index is 12.0. The summed E-state index contributed by atoms with van der Waals surface area (Å²) < 4.78 is 5.17. The molecular weight excluding hydrogens is 352 g/mol. The molecule has 1 aliphatic heterocycles. The average molecular weight is 380 g/mol. The molecule has 0 saturated carbocycles. The second-order valence-corrected chi connectivity index (χ2v) is 6.90. The van der Waals surface area contributed by atoms with Gasteiger partial charge in [-0.25, -0.2) is 0 Å². The van der Waals surface area contributed by atoms with Gasteiger partial charge in [0.15, 0.2) is 0 Å². The summed E-state index contributed by atoms with van der Waals surface area (Å²) in [6, 6.07) is 20.1. The Hall–Kier alpha value is -2.66. The van der Waals surface area contributed by atoms with Crippen molar-refractivity contribution in [2.24, 2.45) is 11.1 Å². The van der Waals surface area contributed by atoms with Crippen molar-refractivity contribution >= 4 is 11.7 Å². The molecule has 3 rings (SSSR count). The van der Waals surface area contributed by atoms with E-state index in [2.05, 4.69) is 10.1 Å². The van der Waals surface area contributed by atoms with E-state index < -0.39 is 0 Å². The Morgan fingerprint density at radius 3 is 2.32 bits per heavy atom. The smallest absolute Gasteiger partial charge is 0.310 e. The Balaban J connectivity index is 1.58. The number of esters is 1. The van der Waals surface area contributed by atoms with Crippen molar-refractivity contribution in [1.82, 2.24) is 4.90 Å². The molecule has 0 N–H and O–H groups in total. The van der Waals surface area contributed by atoms with Gasteiger partial charge in [0.2, 0.25) is 0 Å². The highest BCUT2D eigenvalue weighted by Gasteiger charge is 2.26. The highest BCUT2D eigenvalue weighted by Crippen LogP contribution is 2.18. The van der Waals surface area contributed by atoms with E-state index in [0.717, 1.165) is 49.3 Å². The fourth-order valence-corrected chi connectivity index (χ4v) is 3.46. The molecule has 2 aromatic carbocycles. The van der Waals surface area contributed by atoms with Gasteiger partial charge in [-0.1, -0.05) is 65.8 Å². The van der Waals surface area contributed by atoms with Crippen molar-refractivity contribution < 1.29 is 14.4 Å². The lowest BCUT2D eigenvalue weighted by atomic mass is 9.98. The molecular formula is C23H28N2O3. The summed E-state index contributed by atoms with van der Waals surface area (Å²) in [7, 11) is 0. The van der Waals surface area contributed by atoms with Crippen LogP contribution in [-0.2, 0) is 14.4 Å². The van der Waals surface area contributed by atoms with Gasteiger partial charge in [0.1, 0.15) is 12.3 Å². The minimum atomic E-state index is -0.0819. The number of rotatable bonds is 8. The number of carbonyl (C=O) groups is 1. The van der Waals surface area contributed by atoms with Crippen molar-refractivity contribution in [3.05, 3.63) is 71.8 Å². The summed E-state index contributed by atoms with van der Waals surface area (Å²) in [4.78, 5) is 19.9. The average Bonchev–Trinajstić information content (AvgIpc) is 2.75. The van der Waals surface area contributed by atoms with Crippen LogP contribution in [0.4, 0.5) is 0 Å².